The molecule has 3 rings (SSSR count). The molecule has 1 amide bonds. The molecule has 2 N–H and O–H groups in total. The predicted octanol–water partition coefficient (Wildman–Crippen LogP) is 1.99. The van der Waals surface area contributed by atoms with Gasteiger partial charge in [0.2, 0.25) is 0 Å². The van der Waals surface area contributed by atoms with E-state index in [0.29, 0.717) is 18.9 Å². The Kier molecular flexibility index (Phi) is 7.06. The maximum Gasteiger partial charge on any atom is 0.255 e. The minimum Gasteiger partial charge on any atom is -0.381 e. The molecule has 144 valence electrons. The van der Waals surface area contributed by atoms with Gasteiger partial charge in [-0.15, -0.1) is 0 Å². The molecule has 1 aromatic rings. The second kappa shape index (κ2) is 9.49. The molecule has 2 fully saturated rings. The molecule has 2 saturated heterocycles. The molecule has 0 bridgehead atoms. The summed E-state index contributed by atoms with van der Waals surface area (Å²) in [6.07, 6.45) is 5.44. The first kappa shape index (κ1) is 19.3. The largest absolute Gasteiger partial charge is 0.381 e. The van der Waals surface area contributed by atoms with Crippen LogP contribution in [0.1, 0.15) is 37.7 Å². The summed E-state index contributed by atoms with van der Waals surface area (Å²) in [5.74, 6) is 0.490. The van der Waals surface area contributed by atoms with Crippen LogP contribution in [0.2, 0.25) is 0 Å². The Hall–Kier alpha value is -1.43. The Labute approximate surface area is 156 Å². The molecule has 0 aromatic heterocycles. The number of piperidine rings is 1. The summed E-state index contributed by atoms with van der Waals surface area (Å²) < 4.78 is 5.38. The molecule has 0 saturated carbocycles. The fourth-order valence-corrected chi connectivity index (χ4v) is 3.99. The third-order valence-corrected chi connectivity index (χ3v) is 5.63. The van der Waals surface area contributed by atoms with Crippen molar-refractivity contribution in [3.8, 4) is 0 Å². The van der Waals surface area contributed by atoms with Crippen molar-refractivity contribution < 1.29 is 14.6 Å². The Morgan fingerprint density at radius 2 is 2.00 bits per heavy atom. The SMILES string of the molecule is O=C1N(CCCc2ccccc2)CCC[C@@]1(O)CNCC1CCOCC1. The quantitative estimate of drug-likeness (QED) is 0.744. The highest BCUT2D eigenvalue weighted by Gasteiger charge is 2.41. The molecular formula is C21H32N2O3. The lowest BCUT2D eigenvalue weighted by Gasteiger charge is -2.38. The first-order chi connectivity index (χ1) is 12.7. The summed E-state index contributed by atoms with van der Waals surface area (Å²) >= 11 is 0. The molecule has 1 aromatic carbocycles. The number of aliphatic hydroxyl groups is 1. The van der Waals surface area contributed by atoms with Gasteiger partial charge >= 0.3 is 0 Å². The third-order valence-electron chi connectivity index (χ3n) is 5.63. The number of nitrogens with one attached hydrogen (secondary N) is 1. The van der Waals surface area contributed by atoms with Crippen LogP contribution in [0.3, 0.4) is 0 Å². The number of rotatable bonds is 8. The van der Waals surface area contributed by atoms with E-state index >= 15 is 0 Å². The number of likely N-dealkylation sites (tertiary alicyclic amines) is 1. The van der Waals surface area contributed by atoms with Gasteiger partial charge in [-0.25, -0.2) is 0 Å². The highest BCUT2D eigenvalue weighted by atomic mass is 16.5. The van der Waals surface area contributed by atoms with E-state index in [4.69, 9.17) is 4.74 Å². The van der Waals surface area contributed by atoms with Crippen molar-refractivity contribution >= 4 is 5.91 Å². The van der Waals surface area contributed by atoms with E-state index in [9.17, 15) is 9.90 Å². The number of hydrogen-bond donors (Lipinski definition) is 2. The van der Waals surface area contributed by atoms with Gasteiger partial charge in [0.05, 0.1) is 0 Å². The van der Waals surface area contributed by atoms with Crippen molar-refractivity contribution in [2.24, 2.45) is 5.92 Å². The number of amides is 1. The van der Waals surface area contributed by atoms with E-state index in [-0.39, 0.29) is 5.91 Å². The smallest absolute Gasteiger partial charge is 0.255 e. The van der Waals surface area contributed by atoms with Gasteiger partial charge in [0.25, 0.3) is 5.91 Å². The van der Waals surface area contributed by atoms with Crippen LogP contribution in [0, 0.1) is 5.92 Å². The normalized spacial score (nSPS) is 24.8. The summed E-state index contributed by atoms with van der Waals surface area (Å²) in [5, 5.41) is 14.2. The summed E-state index contributed by atoms with van der Waals surface area (Å²) in [5.41, 5.74) is 0.0567. The van der Waals surface area contributed by atoms with Crippen LogP contribution in [-0.4, -0.2) is 60.9 Å². The van der Waals surface area contributed by atoms with Gasteiger partial charge in [-0.05, 0) is 56.6 Å². The van der Waals surface area contributed by atoms with Crippen molar-refractivity contribution in [3.63, 3.8) is 0 Å². The van der Waals surface area contributed by atoms with E-state index in [0.717, 1.165) is 65.0 Å². The molecule has 0 radical (unpaired) electrons. The lowest BCUT2D eigenvalue weighted by atomic mass is 9.91. The van der Waals surface area contributed by atoms with E-state index in [1.54, 1.807) is 0 Å². The van der Waals surface area contributed by atoms with Crippen LogP contribution in [0.15, 0.2) is 30.3 Å². The average Bonchev–Trinajstić information content (AvgIpc) is 2.67. The molecule has 5 heteroatoms. The topological polar surface area (TPSA) is 61.8 Å². The van der Waals surface area contributed by atoms with Crippen LogP contribution in [0.5, 0.6) is 0 Å². The first-order valence-corrected chi connectivity index (χ1v) is 10.0. The molecule has 0 aliphatic carbocycles. The van der Waals surface area contributed by atoms with E-state index in [1.165, 1.54) is 5.56 Å². The van der Waals surface area contributed by atoms with Crippen molar-refractivity contribution in [2.45, 2.75) is 44.1 Å². The number of nitrogens with zero attached hydrogens (tertiary/aromatic N) is 1. The van der Waals surface area contributed by atoms with Gasteiger partial charge in [0.1, 0.15) is 0 Å². The zero-order chi connectivity index (χ0) is 18.2. The standard InChI is InChI=1S/C21H32N2O3/c24-20-21(25,17-22-16-19-9-14-26-15-10-19)11-5-13-23(20)12-4-8-18-6-2-1-3-7-18/h1-3,6-7,19,22,25H,4-5,8-17H2/t21-/m1/s1. The fraction of sp³-hybridized carbons (Fsp3) is 0.667. The third kappa shape index (κ3) is 5.29. The number of carbonyl (C=O) groups excluding carboxylic acids is 1. The van der Waals surface area contributed by atoms with Crippen molar-refractivity contribution in [1.82, 2.24) is 10.2 Å². The predicted molar refractivity (Wildman–Crippen MR) is 102 cm³/mol. The molecule has 2 aliphatic heterocycles. The molecule has 26 heavy (non-hydrogen) atoms. The van der Waals surface area contributed by atoms with Crippen LogP contribution < -0.4 is 5.32 Å². The maximum absolute atomic E-state index is 12.8. The number of carbonyl (C=O) groups is 1. The Morgan fingerprint density at radius 1 is 1.23 bits per heavy atom. The fourth-order valence-electron chi connectivity index (χ4n) is 3.99. The number of aryl methyl sites for hydroxylation is 1. The minimum atomic E-state index is -1.24. The molecule has 1 atom stereocenters. The highest BCUT2D eigenvalue weighted by Crippen LogP contribution is 2.23. The summed E-state index contributed by atoms with van der Waals surface area (Å²) in [7, 11) is 0. The molecule has 0 spiro atoms. The summed E-state index contributed by atoms with van der Waals surface area (Å²) in [6, 6.07) is 10.3. The van der Waals surface area contributed by atoms with Crippen molar-refractivity contribution in [2.75, 3.05) is 39.4 Å². The van der Waals surface area contributed by atoms with E-state index in [2.05, 4.69) is 17.4 Å². The zero-order valence-corrected chi connectivity index (χ0v) is 15.7. The van der Waals surface area contributed by atoms with Gasteiger partial charge in [-0.3, -0.25) is 4.79 Å². The highest BCUT2D eigenvalue weighted by molar-refractivity contribution is 5.86. The van der Waals surface area contributed by atoms with Crippen LogP contribution in [0.25, 0.3) is 0 Å². The Bertz CT molecular complexity index is 560. The second-order valence-corrected chi connectivity index (χ2v) is 7.70. The second-order valence-electron chi connectivity index (χ2n) is 7.70. The Morgan fingerprint density at radius 3 is 2.77 bits per heavy atom. The molecule has 2 heterocycles. The molecular weight excluding hydrogens is 328 g/mol. The van der Waals surface area contributed by atoms with Gasteiger partial charge in [-0.2, -0.15) is 0 Å². The van der Waals surface area contributed by atoms with Crippen molar-refractivity contribution in [1.29, 1.82) is 0 Å². The van der Waals surface area contributed by atoms with E-state index < -0.39 is 5.60 Å². The lowest BCUT2D eigenvalue weighted by molar-refractivity contribution is -0.156. The monoisotopic (exact) mass is 360 g/mol. The van der Waals surface area contributed by atoms with Crippen LogP contribution in [0.4, 0.5) is 0 Å². The molecule has 2 aliphatic rings. The minimum absolute atomic E-state index is 0.101. The lowest BCUT2D eigenvalue weighted by Crippen LogP contribution is -2.58. The molecule has 5 nitrogen and oxygen atoms in total. The summed E-state index contributed by atoms with van der Waals surface area (Å²) in [6.45, 7) is 4.34. The first-order valence-electron chi connectivity index (χ1n) is 10.0. The maximum atomic E-state index is 12.8. The Balaban J connectivity index is 1.43. The van der Waals surface area contributed by atoms with Gasteiger partial charge in [0.15, 0.2) is 5.60 Å². The molecule has 0 unspecified atom stereocenters. The summed E-state index contributed by atoms with van der Waals surface area (Å²) in [4.78, 5) is 14.6. The van der Waals surface area contributed by atoms with Gasteiger partial charge < -0.3 is 20.1 Å². The number of benzene rings is 1. The zero-order valence-electron chi connectivity index (χ0n) is 15.7. The number of ether oxygens (including phenoxy) is 1. The number of hydrogen-bond acceptors (Lipinski definition) is 4. The van der Waals surface area contributed by atoms with Crippen molar-refractivity contribution in [3.05, 3.63) is 35.9 Å². The van der Waals surface area contributed by atoms with Gasteiger partial charge in [-0.1, -0.05) is 30.3 Å². The van der Waals surface area contributed by atoms with Crippen LogP contribution >= 0.6 is 0 Å². The van der Waals surface area contributed by atoms with Gasteiger partial charge in [0, 0.05) is 32.8 Å². The average molecular weight is 360 g/mol. The van der Waals surface area contributed by atoms with E-state index in [1.807, 2.05) is 23.1 Å². The van der Waals surface area contributed by atoms with Crippen LogP contribution in [-0.2, 0) is 16.0 Å².